The van der Waals surface area contributed by atoms with Gasteiger partial charge in [-0.15, -0.1) is 0 Å². The van der Waals surface area contributed by atoms with Gasteiger partial charge in [0.2, 0.25) is 0 Å². The van der Waals surface area contributed by atoms with E-state index in [1.807, 2.05) is 19.1 Å². The Morgan fingerprint density at radius 1 is 1.78 bits per heavy atom. The molecular weight excluding hydrogens is 159 g/mol. The van der Waals surface area contributed by atoms with Gasteiger partial charge in [0.15, 0.2) is 0 Å². The van der Waals surface area contributed by atoms with E-state index in [9.17, 15) is 4.79 Å². The van der Waals surface area contributed by atoms with Gasteiger partial charge in [0, 0.05) is 0 Å². The average Bonchev–Trinajstić information content (AvgIpc) is 2.13. The Morgan fingerprint density at radius 2 is 2.44 bits per heavy atom. The third kappa shape index (κ3) is 1.31. The second-order valence-electron chi connectivity index (χ2n) is 2.02. The average molecular weight is 166 g/mol. The Morgan fingerprint density at radius 3 is 2.67 bits per heavy atom. The number of carbonyl (C=O) groups is 1. The van der Waals surface area contributed by atoms with Crippen LogP contribution in [0, 0.1) is 0 Å². The van der Waals surface area contributed by atoms with Crippen LogP contribution in [-0.4, -0.2) is 4.72 Å². The molecule has 0 amide bonds. The molecule has 1 aliphatic carbocycles. The quantitative estimate of drug-likeness (QED) is 0.574. The summed E-state index contributed by atoms with van der Waals surface area (Å²) in [5.41, 5.74) is 1.88. The van der Waals surface area contributed by atoms with Crippen molar-refractivity contribution in [2.45, 2.75) is 13.3 Å². The number of carbonyl (C=O) groups excluding carboxylic acids is 1. The fourth-order valence-electron chi connectivity index (χ4n) is 0.837. The van der Waals surface area contributed by atoms with Crippen LogP contribution in [-0.2, 0) is 20.5 Å². The van der Waals surface area contributed by atoms with E-state index >= 15 is 0 Å². The van der Waals surface area contributed by atoms with Gasteiger partial charge >= 0.3 is 61.9 Å². The van der Waals surface area contributed by atoms with Crippen LogP contribution in [0.1, 0.15) is 13.3 Å². The van der Waals surface area contributed by atoms with E-state index in [1.54, 1.807) is 0 Å². The van der Waals surface area contributed by atoms with Crippen LogP contribution >= 0.6 is 0 Å². The maximum absolute atomic E-state index is 10.6. The molecule has 0 saturated carbocycles. The molecule has 0 N–H and O–H groups in total. The predicted molar refractivity (Wildman–Crippen MR) is 31.5 cm³/mol. The van der Waals surface area contributed by atoms with Gasteiger partial charge in [-0.2, -0.15) is 0 Å². The number of rotatable bonds is 1. The monoisotopic (exact) mass is 166 g/mol. The summed E-state index contributed by atoms with van der Waals surface area (Å²) in [6.07, 6.45) is 4.67. The van der Waals surface area contributed by atoms with Crippen LogP contribution in [0.4, 0.5) is 0 Å². The first-order valence-corrected chi connectivity index (χ1v) is 3.28. The van der Waals surface area contributed by atoms with Crippen molar-refractivity contribution in [2.75, 3.05) is 0 Å². The van der Waals surface area contributed by atoms with Crippen molar-refractivity contribution >= 4 is 4.72 Å². The van der Waals surface area contributed by atoms with Gasteiger partial charge in [-0.1, -0.05) is 0 Å². The summed E-state index contributed by atoms with van der Waals surface area (Å²) in [4.78, 5) is 10.6. The van der Waals surface area contributed by atoms with Crippen molar-refractivity contribution in [3.05, 3.63) is 23.3 Å². The molecule has 9 heavy (non-hydrogen) atoms. The maximum atomic E-state index is 10.6. The molecule has 0 unspecified atom stereocenters. The van der Waals surface area contributed by atoms with Crippen LogP contribution in [0.2, 0.25) is 0 Å². The third-order valence-corrected chi connectivity index (χ3v) is 1.70. The number of hydrogen-bond donors (Lipinski definition) is 0. The normalized spacial score (nSPS) is 17.2. The van der Waals surface area contributed by atoms with Crippen molar-refractivity contribution in [3.63, 3.8) is 0 Å². The Labute approximate surface area is 62.4 Å². The molecule has 1 rings (SSSR count). The van der Waals surface area contributed by atoms with E-state index in [4.69, 9.17) is 0 Å². The van der Waals surface area contributed by atoms with E-state index in [1.165, 1.54) is 0 Å². The summed E-state index contributed by atoms with van der Waals surface area (Å²) in [5, 5.41) is 0. The summed E-state index contributed by atoms with van der Waals surface area (Å²) in [6, 6.07) is 0. The fraction of sp³-hybridized carbons (Fsp3) is 0.286. The fourth-order valence-corrected chi connectivity index (χ4v) is 1.15. The molecule has 0 aromatic carbocycles. The molecule has 1 nitrogen and oxygen atoms in total. The van der Waals surface area contributed by atoms with E-state index in [-0.39, 0.29) is 4.72 Å². The van der Waals surface area contributed by atoms with Gasteiger partial charge in [0.05, 0.1) is 0 Å². The Kier molecular flexibility index (Phi) is 1.88. The van der Waals surface area contributed by atoms with E-state index in [0.29, 0.717) is 0 Å². The summed E-state index contributed by atoms with van der Waals surface area (Å²) in [6.45, 7) is 1.92. The molecule has 0 bridgehead atoms. The van der Waals surface area contributed by atoms with Gasteiger partial charge in [0.25, 0.3) is 0 Å². The minimum atomic E-state index is -0.106. The molecule has 0 aromatic heterocycles. The Balaban J connectivity index is 2.85. The van der Waals surface area contributed by atoms with Gasteiger partial charge in [-0.05, 0) is 0 Å². The standard InChI is InChI=1S/C7H7O.Co/c1-6-3-2-4-7(6)5-8;/h2-3H,4H2,1H3;. The van der Waals surface area contributed by atoms with Crippen molar-refractivity contribution in [3.8, 4) is 0 Å². The molecular formula is C7H7CoO. The van der Waals surface area contributed by atoms with E-state index < -0.39 is 0 Å². The first-order valence-electron chi connectivity index (χ1n) is 2.75. The molecule has 0 heterocycles. The first kappa shape index (κ1) is 6.77. The third-order valence-electron chi connectivity index (χ3n) is 1.39. The first-order chi connectivity index (χ1) is 4.22. The molecule has 0 aliphatic heterocycles. The second-order valence-corrected chi connectivity index (χ2v) is 2.49. The molecule has 2 heteroatoms. The predicted octanol–water partition coefficient (Wildman–Crippen LogP) is 1.34. The molecule has 0 aromatic rings. The van der Waals surface area contributed by atoms with Crippen LogP contribution in [0.3, 0.4) is 0 Å². The van der Waals surface area contributed by atoms with Gasteiger partial charge in [-0.25, -0.2) is 0 Å². The van der Waals surface area contributed by atoms with Crippen molar-refractivity contribution < 1.29 is 20.5 Å². The van der Waals surface area contributed by atoms with Crippen molar-refractivity contribution in [1.82, 2.24) is 0 Å². The van der Waals surface area contributed by atoms with E-state index in [2.05, 4.69) is 15.7 Å². The van der Waals surface area contributed by atoms with Gasteiger partial charge in [-0.3, -0.25) is 0 Å². The molecule has 1 aliphatic rings. The van der Waals surface area contributed by atoms with Crippen LogP contribution in [0.25, 0.3) is 0 Å². The summed E-state index contributed by atoms with van der Waals surface area (Å²) in [7, 11) is 0. The van der Waals surface area contributed by atoms with Gasteiger partial charge in [0.1, 0.15) is 0 Å². The van der Waals surface area contributed by atoms with Crippen LogP contribution < -0.4 is 0 Å². The minimum absolute atomic E-state index is 0.106. The Hall–Kier alpha value is -0.344. The summed E-state index contributed by atoms with van der Waals surface area (Å²) in [5.74, 6) is 0. The topological polar surface area (TPSA) is 17.1 Å². The molecule has 0 spiro atoms. The second kappa shape index (κ2) is 2.50. The van der Waals surface area contributed by atoms with Crippen LogP contribution in [0.5, 0.6) is 0 Å². The van der Waals surface area contributed by atoms with Crippen LogP contribution in [0.15, 0.2) is 23.3 Å². The Bertz CT molecular complexity index is 201. The number of hydrogen-bond acceptors (Lipinski definition) is 1. The molecule has 0 radical (unpaired) electrons. The molecule has 50 valence electrons. The molecule has 0 saturated heterocycles. The number of allylic oxidation sites excluding steroid dienone is 4. The van der Waals surface area contributed by atoms with Crippen molar-refractivity contribution in [2.24, 2.45) is 0 Å². The van der Waals surface area contributed by atoms with Gasteiger partial charge < -0.3 is 0 Å². The molecule has 0 fully saturated rings. The molecule has 0 atom stereocenters. The summed E-state index contributed by atoms with van der Waals surface area (Å²) < 4.78 is -0.106. The van der Waals surface area contributed by atoms with E-state index in [0.717, 1.165) is 17.6 Å². The summed E-state index contributed by atoms with van der Waals surface area (Å²) >= 11 is 3.76. The zero-order valence-corrected chi connectivity index (χ0v) is 6.14. The SMILES string of the molecule is CC1=C([C](=O)[Co])CC=C1. The van der Waals surface area contributed by atoms with Crippen molar-refractivity contribution in [1.29, 1.82) is 0 Å². The zero-order valence-electron chi connectivity index (χ0n) is 5.10. The zero-order chi connectivity index (χ0) is 6.85.